The number of benzene rings is 1. The second kappa shape index (κ2) is 7.03. The molecule has 0 unspecified atom stereocenters. The Bertz CT molecular complexity index is 918. The maximum atomic E-state index is 12.1. The summed E-state index contributed by atoms with van der Waals surface area (Å²) >= 11 is 1.48. The molecule has 0 saturated carbocycles. The molecule has 1 aromatic carbocycles. The third-order valence-corrected chi connectivity index (χ3v) is 5.00. The Kier molecular flexibility index (Phi) is 4.81. The van der Waals surface area contributed by atoms with E-state index in [0.29, 0.717) is 5.13 Å². The van der Waals surface area contributed by atoms with Gasteiger partial charge in [-0.15, -0.1) is 11.3 Å². The fourth-order valence-electron chi connectivity index (χ4n) is 2.55. The van der Waals surface area contributed by atoms with Crippen LogP contribution >= 0.6 is 11.3 Å². The summed E-state index contributed by atoms with van der Waals surface area (Å²) in [5.74, 6) is -0.194. The number of nitrogens with zero attached hydrogens (tertiary/aromatic N) is 3. The molecule has 1 N–H and O–H groups in total. The number of nitrogens with one attached hydrogen (secondary N) is 1. The molecular weight excluding hydrogens is 332 g/mol. The third-order valence-electron chi connectivity index (χ3n) is 4.01. The molecule has 5 nitrogen and oxygen atoms in total. The Morgan fingerprint density at radius 2 is 1.84 bits per heavy atom. The Morgan fingerprint density at radius 3 is 2.48 bits per heavy atom. The van der Waals surface area contributed by atoms with Crippen LogP contribution in [0.5, 0.6) is 0 Å². The van der Waals surface area contributed by atoms with Crippen LogP contribution in [0.4, 0.5) is 5.13 Å². The topological polar surface area (TPSA) is 59.8 Å². The van der Waals surface area contributed by atoms with Crippen molar-refractivity contribution in [3.8, 4) is 5.69 Å². The Morgan fingerprint density at radius 1 is 1.12 bits per heavy atom. The quantitative estimate of drug-likeness (QED) is 0.715. The van der Waals surface area contributed by atoms with Gasteiger partial charge in [0.15, 0.2) is 5.13 Å². The van der Waals surface area contributed by atoms with Gasteiger partial charge in [0.2, 0.25) is 5.91 Å². The SMILES string of the molecule is Cc1nc(NC(=O)/C=C/c2c(C)nn(-c3ccccc3)c2C)sc1C. The molecule has 3 aromatic rings. The van der Waals surface area contributed by atoms with Crippen molar-refractivity contribution in [1.29, 1.82) is 0 Å². The van der Waals surface area contributed by atoms with E-state index in [-0.39, 0.29) is 5.91 Å². The predicted octanol–water partition coefficient (Wildman–Crippen LogP) is 4.21. The fraction of sp³-hybridized carbons (Fsp3) is 0.211. The highest BCUT2D eigenvalue weighted by Gasteiger charge is 2.11. The standard InChI is InChI=1S/C19H20N4OS/c1-12-15(4)25-19(20-12)21-18(24)11-10-17-13(2)22-23(14(17)3)16-8-6-5-7-9-16/h5-11H,1-4H3,(H,20,21,24)/b11-10+. The lowest BCUT2D eigenvalue weighted by Crippen LogP contribution is -2.07. The van der Waals surface area contributed by atoms with Crippen LogP contribution < -0.4 is 5.32 Å². The number of hydrogen-bond acceptors (Lipinski definition) is 4. The van der Waals surface area contributed by atoms with Crippen molar-refractivity contribution < 1.29 is 4.79 Å². The van der Waals surface area contributed by atoms with Gasteiger partial charge in [-0.25, -0.2) is 9.67 Å². The molecule has 0 aliphatic heterocycles. The maximum Gasteiger partial charge on any atom is 0.250 e. The predicted molar refractivity (Wildman–Crippen MR) is 102 cm³/mol. The van der Waals surface area contributed by atoms with E-state index in [1.165, 1.54) is 17.4 Å². The summed E-state index contributed by atoms with van der Waals surface area (Å²) in [6, 6.07) is 9.95. The summed E-state index contributed by atoms with van der Waals surface area (Å²) in [4.78, 5) is 17.6. The zero-order valence-electron chi connectivity index (χ0n) is 14.7. The Balaban J connectivity index is 1.79. The van der Waals surface area contributed by atoms with E-state index >= 15 is 0 Å². The van der Waals surface area contributed by atoms with Crippen LogP contribution in [0.25, 0.3) is 11.8 Å². The number of carbonyl (C=O) groups excluding carboxylic acids is 1. The Labute approximate surface area is 151 Å². The number of aryl methyl sites for hydroxylation is 3. The van der Waals surface area contributed by atoms with Crippen molar-refractivity contribution in [2.75, 3.05) is 5.32 Å². The Hall–Kier alpha value is -2.73. The minimum Gasteiger partial charge on any atom is -0.298 e. The highest BCUT2D eigenvalue weighted by Crippen LogP contribution is 2.22. The van der Waals surface area contributed by atoms with Gasteiger partial charge in [0.1, 0.15) is 0 Å². The van der Waals surface area contributed by atoms with Gasteiger partial charge in [-0.1, -0.05) is 18.2 Å². The number of para-hydroxylation sites is 1. The monoisotopic (exact) mass is 352 g/mol. The molecule has 0 bridgehead atoms. The molecule has 6 heteroatoms. The largest absolute Gasteiger partial charge is 0.298 e. The van der Waals surface area contributed by atoms with Crippen molar-refractivity contribution in [3.05, 3.63) is 63.9 Å². The number of hydrogen-bond donors (Lipinski definition) is 1. The molecule has 0 fully saturated rings. The molecule has 0 spiro atoms. The second-order valence-corrected chi connectivity index (χ2v) is 7.02. The third kappa shape index (κ3) is 3.69. The summed E-state index contributed by atoms with van der Waals surface area (Å²) < 4.78 is 1.89. The zero-order chi connectivity index (χ0) is 18.0. The molecule has 2 heterocycles. The molecule has 1 amide bonds. The number of carbonyl (C=O) groups is 1. The molecule has 0 atom stereocenters. The van der Waals surface area contributed by atoms with Crippen LogP contribution in [-0.2, 0) is 4.79 Å². The summed E-state index contributed by atoms with van der Waals surface area (Å²) in [7, 11) is 0. The number of thiazole rings is 1. The van der Waals surface area contributed by atoms with Gasteiger partial charge in [0, 0.05) is 22.2 Å². The molecule has 0 aliphatic carbocycles. The van der Waals surface area contributed by atoms with E-state index in [1.54, 1.807) is 6.08 Å². The van der Waals surface area contributed by atoms with E-state index in [2.05, 4.69) is 15.4 Å². The summed E-state index contributed by atoms with van der Waals surface area (Å²) in [5, 5.41) is 8.01. The summed E-state index contributed by atoms with van der Waals surface area (Å²) in [5.41, 5.74) is 4.77. The van der Waals surface area contributed by atoms with Gasteiger partial charge >= 0.3 is 0 Å². The highest BCUT2D eigenvalue weighted by atomic mass is 32.1. The zero-order valence-corrected chi connectivity index (χ0v) is 15.5. The number of anilines is 1. The first kappa shape index (κ1) is 17.1. The van der Waals surface area contributed by atoms with Gasteiger partial charge in [-0.3, -0.25) is 10.1 Å². The van der Waals surface area contributed by atoms with Crippen molar-refractivity contribution in [3.63, 3.8) is 0 Å². The smallest absolute Gasteiger partial charge is 0.250 e. The van der Waals surface area contributed by atoms with Crippen LogP contribution in [-0.4, -0.2) is 20.7 Å². The van der Waals surface area contributed by atoms with Crippen molar-refractivity contribution in [2.45, 2.75) is 27.7 Å². The van der Waals surface area contributed by atoms with Crippen LogP contribution in [0.3, 0.4) is 0 Å². The highest BCUT2D eigenvalue weighted by molar-refractivity contribution is 7.15. The lowest BCUT2D eigenvalue weighted by atomic mass is 10.2. The average molecular weight is 352 g/mol. The number of amides is 1. The van der Waals surface area contributed by atoms with E-state index in [1.807, 2.05) is 62.7 Å². The van der Waals surface area contributed by atoms with Crippen LogP contribution in [0, 0.1) is 27.7 Å². The van der Waals surface area contributed by atoms with Gasteiger partial charge in [-0.05, 0) is 45.9 Å². The number of aromatic nitrogens is 3. The van der Waals surface area contributed by atoms with Gasteiger partial charge < -0.3 is 0 Å². The first-order valence-corrected chi connectivity index (χ1v) is 8.82. The second-order valence-electron chi connectivity index (χ2n) is 5.82. The number of rotatable bonds is 4. The fourth-order valence-corrected chi connectivity index (χ4v) is 3.37. The molecule has 0 saturated heterocycles. The van der Waals surface area contributed by atoms with E-state index in [0.717, 1.165) is 33.2 Å². The minimum atomic E-state index is -0.194. The summed E-state index contributed by atoms with van der Waals surface area (Å²) in [6.07, 6.45) is 3.33. The molecule has 2 aromatic heterocycles. The van der Waals surface area contributed by atoms with Gasteiger partial charge in [0.05, 0.1) is 17.1 Å². The minimum absolute atomic E-state index is 0.194. The van der Waals surface area contributed by atoms with Gasteiger partial charge in [-0.2, -0.15) is 5.10 Å². The van der Waals surface area contributed by atoms with E-state index < -0.39 is 0 Å². The molecule has 128 valence electrons. The molecule has 25 heavy (non-hydrogen) atoms. The molecule has 3 rings (SSSR count). The van der Waals surface area contributed by atoms with Crippen molar-refractivity contribution in [2.24, 2.45) is 0 Å². The normalized spacial score (nSPS) is 11.2. The summed E-state index contributed by atoms with van der Waals surface area (Å²) in [6.45, 7) is 7.86. The van der Waals surface area contributed by atoms with Crippen molar-refractivity contribution >= 4 is 28.5 Å². The first-order valence-electron chi connectivity index (χ1n) is 8.00. The van der Waals surface area contributed by atoms with Gasteiger partial charge in [0.25, 0.3) is 0 Å². The molecule has 0 radical (unpaired) electrons. The lowest BCUT2D eigenvalue weighted by molar-refractivity contribution is -0.111. The van der Waals surface area contributed by atoms with E-state index in [9.17, 15) is 4.79 Å². The van der Waals surface area contributed by atoms with Crippen LogP contribution in [0.1, 0.15) is 27.5 Å². The van der Waals surface area contributed by atoms with Crippen molar-refractivity contribution in [1.82, 2.24) is 14.8 Å². The average Bonchev–Trinajstić information content (AvgIpc) is 3.05. The van der Waals surface area contributed by atoms with Crippen LogP contribution in [0.2, 0.25) is 0 Å². The lowest BCUT2D eigenvalue weighted by Gasteiger charge is -2.03. The van der Waals surface area contributed by atoms with Crippen LogP contribution in [0.15, 0.2) is 36.4 Å². The first-order chi connectivity index (χ1) is 12.0. The van der Waals surface area contributed by atoms with E-state index in [4.69, 9.17) is 0 Å². The molecular formula is C19H20N4OS. The maximum absolute atomic E-state index is 12.1. The molecule has 0 aliphatic rings.